The molecule has 5 nitrogen and oxygen atoms in total. The van der Waals surface area contributed by atoms with Gasteiger partial charge in [-0.05, 0) is 73.5 Å². The summed E-state index contributed by atoms with van der Waals surface area (Å²) >= 11 is 1.49. The predicted octanol–water partition coefficient (Wildman–Crippen LogP) is 5.60. The number of carbonyl (C=O) groups is 2. The van der Waals surface area contributed by atoms with Crippen LogP contribution in [0.1, 0.15) is 64.6 Å². The first-order chi connectivity index (χ1) is 15.5. The fourth-order valence-corrected chi connectivity index (χ4v) is 5.25. The van der Waals surface area contributed by atoms with Gasteiger partial charge in [0.25, 0.3) is 5.91 Å². The summed E-state index contributed by atoms with van der Waals surface area (Å²) in [7, 11) is 0. The molecule has 2 aromatic heterocycles. The zero-order chi connectivity index (χ0) is 22.5. The smallest absolute Gasteiger partial charge is 0.277 e. The first-order valence-corrected chi connectivity index (χ1v) is 12.1. The molecule has 1 aromatic carbocycles. The van der Waals surface area contributed by atoms with Crippen LogP contribution < -0.4 is 10.2 Å². The Kier molecular flexibility index (Phi) is 7.00. The van der Waals surface area contributed by atoms with Crippen LogP contribution in [0, 0.1) is 13.8 Å². The Labute approximate surface area is 193 Å². The van der Waals surface area contributed by atoms with Gasteiger partial charge in [0.15, 0.2) is 6.04 Å². The van der Waals surface area contributed by atoms with Crippen molar-refractivity contribution in [1.29, 1.82) is 0 Å². The number of anilines is 1. The fraction of sp³-hybridized carbons (Fsp3) is 0.346. The molecule has 1 atom stereocenters. The van der Waals surface area contributed by atoms with Crippen LogP contribution in [-0.4, -0.2) is 22.8 Å². The molecule has 0 bridgehead atoms. The summed E-state index contributed by atoms with van der Waals surface area (Å²) in [5.74, 6) is -0.421. The minimum atomic E-state index is -0.757. The number of benzene rings is 1. The van der Waals surface area contributed by atoms with E-state index in [0.29, 0.717) is 11.4 Å². The lowest BCUT2D eigenvalue weighted by Crippen LogP contribution is -2.47. The van der Waals surface area contributed by atoms with E-state index in [1.54, 1.807) is 29.3 Å². The van der Waals surface area contributed by atoms with Gasteiger partial charge in [-0.15, -0.1) is 11.3 Å². The largest absolute Gasteiger partial charge is 0.351 e. The highest BCUT2D eigenvalue weighted by Crippen LogP contribution is 2.33. The fourth-order valence-electron chi connectivity index (χ4n) is 4.43. The van der Waals surface area contributed by atoms with Gasteiger partial charge in [-0.3, -0.25) is 19.5 Å². The molecular weight excluding hydrogens is 418 g/mol. The average molecular weight is 448 g/mol. The van der Waals surface area contributed by atoms with Crippen LogP contribution >= 0.6 is 11.3 Å². The summed E-state index contributed by atoms with van der Waals surface area (Å²) in [6.07, 6.45) is 7.05. The van der Waals surface area contributed by atoms with Gasteiger partial charge < -0.3 is 5.32 Å². The molecule has 1 fully saturated rings. The highest BCUT2D eigenvalue weighted by Gasteiger charge is 2.35. The maximum absolute atomic E-state index is 13.8. The highest BCUT2D eigenvalue weighted by atomic mass is 32.1. The van der Waals surface area contributed by atoms with Crippen molar-refractivity contribution in [3.8, 4) is 0 Å². The third-order valence-corrected chi connectivity index (χ3v) is 6.78. The SMILES string of the molecule is Cc1cc(C)cc(N(C(=O)c2ccccn2)[C@H](C(=O)NC2CCCCC2)c2cccs2)c1. The molecule has 32 heavy (non-hydrogen) atoms. The average Bonchev–Trinajstić information content (AvgIpc) is 3.31. The second kappa shape index (κ2) is 10.1. The van der Waals surface area contributed by atoms with Crippen molar-refractivity contribution in [2.24, 2.45) is 0 Å². The van der Waals surface area contributed by atoms with Crippen molar-refractivity contribution in [2.75, 3.05) is 4.90 Å². The number of pyridine rings is 1. The molecule has 0 unspecified atom stereocenters. The maximum atomic E-state index is 13.8. The Balaban J connectivity index is 1.79. The molecule has 0 spiro atoms. The van der Waals surface area contributed by atoms with Gasteiger partial charge in [0.1, 0.15) is 5.69 Å². The van der Waals surface area contributed by atoms with Crippen LogP contribution in [0.25, 0.3) is 0 Å². The number of hydrogen-bond donors (Lipinski definition) is 1. The minimum absolute atomic E-state index is 0.136. The monoisotopic (exact) mass is 447 g/mol. The van der Waals surface area contributed by atoms with E-state index < -0.39 is 6.04 Å². The zero-order valence-corrected chi connectivity index (χ0v) is 19.4. The number of aryl methyl sites for hydroxylation is 2. The molecule has 0 aliphatic heterocycles. The van der Waals surface area contributed by atoms with Crippen molar-refractivity contribution >= 4 is 28.8 Å². The lowest BCUT2D eigenvalue weighted by molar-refractivity contribution is -0.123. The van der Waals surface area contributed by atoms with Gasteiger partial charge in [-0.25, -0.2) is 0 Å². The number of nitrogens with zero attached hydrogens (tertiary/aromatic N) is 2. The number of nitrogens with one attached hydrogen (secondary N) is 1. The van der Waals surface area contributed by atoms with Crippen molar-refractivity contribution in [2.45, 2.75) is 58.0 Å². The highest BCUT2D eigenvalue weighted by molar-refractivity contribution is 7.10. The van der Waals surface area contributed by atoms with Gasteiger partial charge in [0, 0.05) is 22.8 Å². The number of thiophene rings is 1. The molecule has 0 saturated heterocycles. The van der Waals surface area contributed by atoms with Gasteiger partial charge in [-0.1, -0.05) is 37.5 Å². The van der Waals surface area contributed by atoms with E-state index in [0.717, 1.165) is 41.7 Å². The van der Waals surface area contributed by atoms with Crippen molar-refractivity contribution in [1.82, 2.24) is 10.3 Å². The summed E-state index contributed by atoms with van der Waals surface area (Å²) in [6, 6.07) is 14.5. The van der Waals surface area contributed by atoms with Gasteiger partial charge in [-0.2, -0.15) is 0 Å². The summed E-state index contributed by atoms with van der Waals surface area (Å²) in [5, 5.41) is 5.19. The maximum Gasteiger partial charge on any atom is 0.277 e. The Morgan fingerprint density at radius 3 is 2.41 bits per heavy atom. The second-order valence-electron chi connectivity index (χ2n) is 8.50. The van der Waals surface area contributed by atoms with E-state index in [2.05, 4.69) is 16.4 Å². The summed E-state index contributed by atoms with van der Waals surface area (Å²) in [6.45, 7) is 4.00. The van der Waals surface area contributed by atoms with E-state index in [4.69, 9.17) is 0 Å². The van der Waals surface area contributed by atoms with E-state index >= 15 is 0 Å². The van der Waals surface area contributed by atoms with Gasteiger partial charge in [0.2, 0.25) is 5.91 Å². The summed E-state index contributed by atoms with van der Waals surface area (Å²) in [4.78, 5) is 34.2. The standard InChI is InChI=1S/C26H29N3O2S/c1-18-15-19(2)17-21(16-18)29(26(31)22-11-6-7-13-27-22)24(23-12-8-14-32-23)25(30)28-20-9-4-3-5-10-20/h6-8,11-17,20,24H,3-5,9-10H2,1-2H3,(H,28,30)/t24-/m0/s1. The number of carbonyl (C=O) groups excluding carboxylic acids is 2. The Morgan fingerprint density at radius 1 is 1.03 bits per heavy atom. The van der Waals surface area contributed by atoms with E-state index in [-0.39, 0.29) is 17.9 Å². The van der Waals surface area contributed by atoms with Crippen LogP contribution in [-0.2, 0) is 4.79 Å². The molecule has 1 aliphatic carbocycles. The lowest BCUT2D eigenvalue weighted by Gasteiger charge is -2.33. The van der Waals surface area contributed by atoms with Crippen LogP contribution in [0.15, 0.2) is 60.1 Å². The summed E-state index contributed by atoms with van der Waals surface area (Å²) < 4.78 is 0. The number of hydrogen-bond acceptors (Lipinski definition) is 4. The molecular formula is C26H29N3O2S. The molecule has 1 N–H and O–H groups in total. The van der Waals surface area contributed by atoms with Crippen molar-refractivity contribution < 1.29 is 9.59 Å². The van der Waals surface area contributed by atoms with Gasteiger partial charge >= 0.3 is 0 Å². The predicted molar refractivity (Wildman–Crippen MR) is 129 cm³/mol. The third-order valence-electron chi connectivity index (χ3n) is 5.86. The first-order valence-electron chi connectivity index (χ1n) is 11.2. The first kappa shape index (κ1) is 22.2. The van der Waals surface area contributed by atoms with Gasteiger partial charge in [0.05, 0.1) is 0 Å². The Hall–Kier alpha value is -2.99. The second-order valence-corrected chi connectivity index (χ2v) is 9.48. The zero-order valence-electron chi connectivity index (χ0n) is 18.6. The topological polar surface area (TPSA) is 62.3 Å². The van der Waals surface area contributed by atoms with Crippen LogP contribution in [0.4, 0.5) is 5.69 Å². The lowest BCUT2D eigenvalue weighted by atomic mass is 9.95. The molecule has 3 aromatic rings. The molecule has 2 amide bonds. The van der Waals surface area contributed by atoms with Crippen LogP contribution in [0.5, 0.6) is 0 Å². The molecule has 166 valence electrons. The molecule has 4 rings (SSSR count). The normalized spacial score (nSPS) is 15.2. The number of amides is 2. The molecule has 1 saturated carbocycles. The third kappa shape index (κ3) is 5.07. The molecule has 2 heterocycles. The van der Waals surface area contributed by atoms with Crippen molar-refractivity contribution in [3.05, 3.63) is 81.8 Å². The van der Waals surface area contributed by atoms with E-state index in [1.165, 1.54) is 17.8 Å². The Bertz CT molecular complexity index is 1040. The molecule has 1 aliphatic rings. The Morgan fingerprint density at radius 2 is 1.78 bits per heavy atom. The van der Waals surface area contributed by atoms with Crippen molar-refractivity contribution in [3.63, 3.8) is 0 Å². The van der Waals surface area contributed by atoms with Crippen LogP contribution in [0.3, 0.4) is 0 Å². The molecule has 0 radical (unpaired) electrons. The minimum Gasteiger partial charge on any atom is -0.351 e. The van der Waals surface area contributed by atoms with E-state index in [9.17, 15) is 9.59 Å². The van der Waals surface area contributed by atoms with Crippen LogP contribution in [0.2, 0.25) is 0 Å². The van der Waals surface area contributed by atoms with E-state index in [1.807, 2.05) is 43.5 Å². The quantitative estimate of drug-likeness (QED) is 0.535. The summed E-state index contributed by atoms with van der Waals surface area (Å²) in [5.41, 5.74) is 3.10. The number of aromatic nitrogens is 1. The molecule has 6 heteroatoms. The number of rotatable bonds is 6.